The molecule has 0 saturated carbocycles. The van der Waals surface area contributed by atoms with E-state index in [0.29, 0.717) is 18.0 Å². The molecular formula is C18H16FNO4. The van der Waals surface area contributed by atoms with Crippen LogP contribution in [0.25, 0.3) is 0 Å². The Labute approximate surface area is 138 Å². The van der Waals surface area contributed by atoms with Crippen LogP contribution in [-0.4, -0.2) is 28.4 Å². The molecular weight excluding hydrogens is 313 g/mol. The lowest BCUT2D eigenvalue weighted by molar-refractivity contribution is -0.141. The summed E-state index contributed by atoms with van der Waals surface area (Å²) in [5.74, 6) is -0.904. The lowest BCUT2D eigenvalue weighted by Crippen LogP contribution is -2.25. The fourth-order valence-corrected chi connectivity index (χ4v) is 2.61. The van der Waals surface area contributed by atoms with E-state index < -0.39 is 11.9 Å². The van der Waals surface area contributed by atoms with Crippen molar-refractivity contribution < 1.29 is 23.8 Å². The summed E-state index contributed by atoms with van der Waals surface area (Å²) < 4.78 is 18.5. The SMILES string of the molecule is O=C(O)C1CC(=O)N(Cc2ccc(Oc3ccc(F)cc3)cc2)C1. The van der Waals surface area contributed by atoms with Crippen molar-refractivity contribution in [2.75, 3.05) is 6.54 Å². The molecule has 24 heavy (non-hydrogen) atoms. The van der Waals surface area contributed by atoms with Crippen LogP contribution in [0.2, 0.25) is 0 Å². The molecule has 1 aliphatic heterocycles. The molecule has 1 heterocycles. The van der Waals surface area contributed by atoms with E-state index in [1.54, 1.807) is 17.0 Å². The zero-order chi connectivity index (χ0) is 17.1. The number of carboxylic acids is 1. The van der Waals surface area contributed by atoms with Crippen molar-refractivity contribution in [1.29, 1.82) is 0 Å². The van der Waals surface area contributed by atoms with Crippen molar-refractivity contribution in [3.05, 3.63) is 59.9 Å². The summed E-state index contributed by atoms with van der Waals surface area (Å²) in [5, 5.41) is 8.99. The molecule has 2 aromatic rings. The van der Waals surface area contributed by atoms with Crippen molar-refractivity contribution >= 4 is 11.9 Å². The van der Waals surface area contributed by atoms with Crippen LogP contribution in [0.5, 0.6) is 11.5 Å². The van der Waals surface area contributed by atoms with E-state index >= 15 is 0 Å². The highest BCUT2D eigenvalue weighted by Gasteiger charge is 2.33. The molecule has 5 nitrogen and oxygen atoms in total. The van der Waals surface area contributed by atoms with Crippen LogP contribution in [0.15, 0.2) is 48.5 Å². The van der Waals surface area contributed by atoms with Gasteiger partial charge in [-0.25, -0.2) is 4.39 Å². The van der Waals surface area contributed by atoms with Crippen molar-refractivity contribution in [1.82, 2.24) is 4.90 Å². The number of carbonyl (C=O) groups is 2. The Balaban J connectivity index is 1.61. The average molecular weight is 329 g/mol. The molecule has 1 saturated heterocycles. The van der Waals surface area contributed by atoms with Gasteiger partial charge in [0.05, 0.1) is 5.92 Å². The topological polar surface area (TPSA) is 66.8 Å². The summed E-state index contributed by atoms with van der Waals surface area (Å²) in [6.45, 7) is 0.613. The van der Waals surface area contributed by atoms with Crippen LogP contribution in [-0.2, 0) is 16.1 Å². The number of rotatable bonds is 5. The summed E-state index contributed by atoms with van der Waals surface area (Å²) in [7, 11) is 0. The first-order chi connectivity index (χ1) is 11.5. The van der Waals surface area contributed by atoms with Gasteiger partial charge in [-0.05, 0) is 42.0 Å². The molecule has 1 unspecified atom stereocenters. The van der Waals surface area contributed by atoms with Crippen LogP contribution >= 0.6 is 0 Å². The number of hydrogen-bond donors (Lipinski definition) is 1. The van der Waals surface area contributed by atoms with Crippen molar-refractivity contribution in [2.45, 2.75) is 13.0 Å². The van der Waals surface area contributed by atoms with E-state index in [4.69, 9.17) is 9.84 Å². The monoisotopic (exact) mass is 329 g/mol. The third kappa shape index (κ3) is 3.71. The molecule has 0 spiro atoms. The molecule has 1 amide bonds. The lowest BCUT2D eigenvalue weighted by Gasteiger charge is -2.16. The van der Waals surface area contributed by atoms with Gasteiger partial charge in [-0.3, -0.25) is 9.59 Å². The number of benzene rings is 2. The van der Waals surface area contributed by atoms with Gasteiger partial charge in [0, 0.05) is 19.5 Å². The smallest absolute Gasteiger partial charge is 0.308 e. The lowest BCUT2D eigenvalue weighted by atomic mass is 10.1. The molecule has 124 valence electrons. The van der Waals surface area contributed by atoms with Gasteiger partial charge >= 0.3 is 5.97 Å². The highest BCUT2D eigenvalue weighted by Crippen LogP contribution is 2.24. The number of aliphatic carboxylic acids is 1. The standard InChI is InChI=1S/C18H16FNO4/c19-14-3-7-16(8-4-14)24-15-5-1-12(2-6-15)10-20-11-13(18(22)23)9-17(20)21/h1-8,13H,9-11H2,(H,22,23). The van der Waals surface area contributed by atoms with Gasteiger partial charge < -0.3 is 14.7 Å². The maximum Gasteiger partial charge on any atom is 0.308 e. The predicted molar refractivity (Wildman–Crippen MR) is 84.1 cm³/mol. The largest absolute Gasteiger partial charge is 0.481 e. The molecule has 0 bridgehead atoms. The summed E-state index contributed by atoms with van der Waals surface area (Å²) >= 11 is 0. The van der Waals surface area contributed by atoms with Gasteiger partial charge in [0.2, 0.25) is 5.91 Å². The summed E-state index contributed by atoms with van der Waals surface area (Å²) in [4.78, 5) is 24.4. The van der Waals surface area contributed by atoms with Crippen LogP contribution in [0.3, 0.4) is 0 Å². The second-order valence-electron chi connectivity index (χ2n) is 5.71. The molecule has 1 fully saturated rings. The highest BCUT2D eigenvalue weighted by atomic mass is 19.1. The highest BCUT2D eigenvalue weighted by molar-refractivity contribution is 5.86. The van der Waals surface area contributed by atoms with Crippen LogP contribution in [0.4, 0.5) is 4.39 Å². The molecule has 0 aliphatic carbocycles. The zero-order valence-corrected chi connectivity index (χ0v) is 12.8. The Morgan fingerprint density at radius 1 is 1.12 bits per heavy atom. The first-order valence-electron chi connectivity index (χ1n) is 7.54. The maximum absolute atomic E-state index is 12.9. The van der Waals surface area contributed by atoms with Gasteiger partial charge in [-0.2, -0.15) is 0 Å². The second kappa shape index (κ2) is 6.70. The molecule has 3 rings (SSSR count). The van der Waals surface area contributed by atoms with E-state index in [-0.39, 0.29) is 24.7 Å². The normalized spacial score (nSPS) is 17.1. The van der Waals surface area contributed by atoms with E-state index in [1.807, 2.05) is 12.1 Å². The number of amides is 1. The van der Waals surface area contributed by atoms with Crippen molar-refractivity contribution in [3.8, 4) is 11.5 Å². The summed E-state index contributed by atoms with van der Waals surface area (Å²) in [6, 6.07) is 12.9. The number of likely N-dealkylation sites (tertiary alicyclic amines) is 1. The van der Waals surface area contributed by atoms with E-state index in [0.717, 1.165) is 5.56 Å². The fraction of sp³-hybridized carbons (Fsp3) is 0.222. The van der Waals surface area contributed by atoms with Gasteiger partial charge in [-0.1, -0.05) is 12.1 Å². The Bertz CT molecular complexity index is 743. The van der Waals surface area contributed by atoms with Gasteiger partial charge in [0.15, 0.2) is 0 Å². The van der Waals surface area contributed by atoms with Crippen molar-refractivity contribution in [3.63, 3.8) is 0 Å². The first kappa shape index (κ1) is 16.0. The number of carbonyl (C=O) groups excluding carboxylic acids is 1. The van der Waals surface area contributed by atoms with Gasteiger partial charge in [-0.15, -0.1) is 0 Å². The predicted octanol–water partition coefficient (Wildman–Crippen LogP) is 3.05. The van der Waals surface area contributed by atoms with Gasteiger partial charge in [0.1, 0.15) is 17.3 Å². The number of nitrogens with zero attached hydrogens (tertiary/aromatic N) is 1. The number of carboxylic acid groups (broad SMARTS) is 1. The fourth-order valence-electron chi connectivity index (χ4n) is 2.61. The first-order valence-corrected chi connectivity index (χ1v) is 7.54. The Morgan fingerprint density at radius 3 is 2.25 bits per heavy atom. The van der Waals surface area contributed by atoms with Crippen molar-refractivity contribution in [2.24, 2.45) is 5.92 Å². The summed E-state index contributed by atoms with van der Waals surface area (Å²) in [6.07, 6.45) is 0.0566. The van der Waals surface area contributed by atoms with Gasteiger partial charge in [0.25, 0.3) is 0 Å². The molecule has 0 aromatic heterocycles. The minimum atomic E-state index is -0.936. The van der Waals surface area contributed by atoms with Crippen LogP contribution in [0.1, 0.15) is 12.0 Å². The average Bonchev–Trinajstić information content (AvgIpc) is 2.93. The minimum absolute atomic E-state index is 0.0566. The molecule has 2 aromatic carbocycles. The van der Waals surface area contributed by atoms with E-state index in [1.165, 1.54) is 24.3 Å². The third-order valence-corrected chi connectivity index (χ3v) is 3.91. The number of ether oxygens (including phenoxy) is 1. The number of halogens is 1. The number of hydrogen-bond acceptors (Lipinski definition) is 3. The van der Waals surface area contributed by atoms with Crippen LogP contribution in [0, 0.1) is 11.7 Å². The Kier molecular flexibility index (Phi) is 4.46. The van der Waals surface area contributed by atoms with E-state index in [2.05, 4.69) is 0 Å². The summed E-state index contributed by atoms with van der Waals surface area (Å²) in [5.41, 5.74) is 0.890. The zero-order valence-electron chi connectivity index (χ0n) is 12.8. The quantitative estimate of drug-likeness (QED) is 0.915. The molecule has 1 N–H and O–H groups in total. The van der Waals surface area contributed by atoms with Crippen LogP contribution < -0.4 is 4.74 Å². The molecule has 1 atom stereocenters. The Morgan fingerprint density at radius 2 is 1.71 bits per heavy atom. The molecule has 0 radical (unpaired) electrons. The Hall–Kier alpha value is -2.89. The third-order valence-electron chi connectivity index (χ3n) is 3.91. The minimum Gasteiger partial charge on any atom is -0.481 e. The molecule has 6 heteroatoms. The maximum atomic E-state index is 12.9. The second-order valence-corrected chi connectivity index (χ2v) is 5.71. The molecule has 1 aliphatic rings. The van der Waals surface area contributed by atoms with E-state index in [9.17, 15) is 14.0 Å².